The quantitative estimate of drug-likeness (QED) is 0.363. The molecule has 0 bridgehead atoms. The molecule has 40 heavy (non-hydrogen) atoms. The molecule has 0 spiro atoms. The first-order chi connectivity index (χ1) is 18.8. The van der Waals surface area contributed by atoms with E-state index in [1.807, 2.05) is 61.5 Å². The molecule has 0 saturated carbocycles. The van der Waals surface area contributed by atoms with Gasteiger partial charge in [-0.25, -0.2) is 4.39 Å². The first-order valence-corrected chi connectivity index (χ1v) is 13.1. The summed E-state index contributed by atoms with van der Waals surface area (Å²) in [6, 6.07) is 25.3. The maximum absolute atomic E-state index is 14.0. The number of benzene rings is 4. The molecule has 0 fully saturated rings. The van der Waals surface area contributed by atoms with Gasteiger partial charge in [-0.05, 0) is 84.3 Å². The van der Waals surface area contributed by atoms with Crippen molar-refractivity contribution in [3.8, 4) is 11.1 Å². The number of fused-ring (bicyclic) bond motifs is 1. The van der Waals surface area contributed by atoms with E-state index < -0.39 is 5.97 Å². The molecule has 5 rings (SSSR count). The summed E-state index contributed by atoms with van der Waals surface area (Å²) < 4.78 is 14.0. The summed E-state index contributed by atoms with van der Waals surface area (Å²) in [7, 11) is 0. The number of aryl methyl sites for hydroxylation is 2. The number of nitrogens with zero attached hydrogens (tertiary/aromatic N) is 1. The van der Waals surface area contributed by atoms with Crippen LogP contribution in [0.25, 0.3) is 11.1 Å². The van der Waals surface area contributed by atoms with Crippen molar-refractivity contribution in [2.24, 2.45) is 0 Å². The van der Waals surface area contributed by atoms with Crippen molar-refractivity contribution in [3.63, 3.8) is 0 Å². The molecule has 0 aliphatic carbocycles. The Morgan fingerprint density at radius 3 is 2.48 bits per heavy atom. The number of hydrogen-bond acceptors (Lipinski definition) is 4. The molecule has 1 aliphatic heterocycles. The maximum atomic E-state index is 14.0. The SMILES string of the molecule is Cc1ccc([C@H](C)NC(=O)c2ccc3c(c2)CCCN3Cc2ccc(-c3ccccc3C(=O)[O-])cc2)cc1F.[Na+]. The number of hydrogen-bond donors (Lipinski definition) is 1. The number of halogens is 1. The fourth-order valence-corrected chi connectivity index (χ4v) is 5.15. The van der Waals surface area contributed by atoms with Gasteiger partial charge in [-0.2, -0.15) is 0 Å². The fraction of sp³-hybridized carbons (Fsp3) is 0.212. The van der Waals surface area contributed by atoms with Crippen LogP contribution in [-0.4, -0.2) is 18.4 Å². The second kappa shape index (κ2) is 12.8. The normalized spacial score (nSPS) is 13.1. The Kier molecular flexibility index (Phi) is 9.46. The van der Waals surface area contributed by atoms with Crippen molar-refractivity contribution >= 4 is 17.6 Å². The summed E-state index contributed by atoms with van der Waals surface area (Å²) in [5.41, 5.74) is 6.88. The average Bonchev–Trinajstić information content (AvgIpc) is 2.94. The van der Waals surface area contributed by atoms with Crippen molar-refractivity contribution in [1.29, 1.82) is 0 Å². The largest absolute Gasteiger partial charge is 1.00 e. The third kappa shape index (κ3) is 6.47. The fourth-order valence-electron chi connectivity index (χ4n) is 5.15. The van der Waals surface area contributed by atoms with Crippen LogP contribution in [0.4, 0.5) is 10.1 Å². The van der Waals surface area contributed by atoms with Gasteiger partial charge in [-0.15, -0.1) is 0 Å². The molecule has 4 aromatic rings. The third-order valence-electron chi connectivity index (χ3n) is 7.39. The van der Waals surface area contributed by atoms with E-state index in [1.165, 1.54) is 6.07 Å². The van der Waals surface area contributed by atoms with E-state index in [2.05, 4.69) is 10.2 Å². The number of carbonyl (C=O) groups excluding carboxylic acids is 2. The molecule has 0 aromatic heterocycles. The second-order valence-electron chi connectivity index (χ2n) is 10.1. The van der Waals surface area contributed by atoms with Crippen molar-refractivity contribution in [2.45, 2.75) is 39.3 Å². The second-order valence-corrected chi connectivity index (χ2v) is 10.1. The minimum atomic E-state index is -1.19. The van der Waals surface area contributed by atoms with Crippen LogP contribution in [0, 0.1) is 12.7 Å². The number of carbonyl (C=O) groups is 2. The van der Waals surface area contributed by atoms with Gasteiger partial charge >= 0.3 is 29.6 Å². The molecule has 1 heterocycles. The summed E-state index contributed by atoms with van der Waals surface area (Å²) in [5, 5.41) is 14.5. The molecule has 1 amide bonds. The van der Waals surface area contributed by atoms with Gasteiger partial charge in [0.1, 0.15) is 5.82 Å². The molecular weight excluding hydrogens is 514 g/mol. The van der Waals surface area contributed by atoms with Crippen LogP contribution >= 0.6 is 0 Å². The number of rotatable bonds is 7. The Balaban J connectivity index is 0.00000370. The standard InChI is InChI=1S/C33H31FN2O3.Na/c1-21-9-12-25(19-30(21)34)22(2)35-32(37)27-15-16-31-26(18-27)6-5-17-36(31)20-23-10-13-24(14-11-23)28-7-3-4-8-29(28)33(38)39;/h3-4,7-16,18-19,22H,5-6,17,20H2,1-2H3,(H,35,37)(H,38,39);/q;+1/p-1/t22-;/m0./s1. The van der Waals surface area contributed by atoms with Gasteiger partial charge in [-0.3, -0.25) is 4.79 Å². The molecule has 7 heteroatoms. The Labute approximate surface area is 256 Å². The summed E-state index contributed by atoms with van der Waals surface area (Å²) in [5.74, 6) is -1.65. The van der Waals surface area contributed by atoms with Crippen LogP contribution in [0.15, 0.2) is 84.9 Å². The number of aromatic carboxylic acids is 1. The van der Waals surface area contributed by atoms with E-state index >= 15 is 0 Å². The van der Waals surface area contributed by atoms with E-state index in [0.717, 1.165) is 47.3 Å². The van der Waals surface area contributed by atoms with Crippen LogP contribution < -0.4 is 44.9 Å². The molecule has 0 radical (unpaired) electrons. The van der Waals surface area contributed by atoms with Gasteiger partial charge in [0.25, 0.3) is 5.91 Å². The Bertz CT molecular complexity index is 1540. The summed E-state index contributed by atoms with van der Waals surface area (Å²) in [6.45, 7) is 5.18. The zero-order valence-electron chi connectivity index (χ0n) is 23.0. The molecule has 1 aliphatic rings. The Hall–Kier alpha value is -3.45. The molecule has 1 N–H and O–H groups in total. The van der Waals surface area contributed by atoms with Gasteiger partial charge in [-0.1, -0.05) is 60.7 Å². The average molecular weight is 545 g/mol. The zero-order chi connectivity index (χ0) is 27.5. The topological polar surface area (TPSA) is 72.5 Å². The van der Waals surface area contributed by atoms with Crippen LogP contribution in [0.2, 0.25) is 0 Å². The monoisotopic (exact) mass is 544 g/mol. The van der Waals surface area contributed by atoms with Crippen molar-refractivity contribution < 1.29 is 48.6 Å². The molecular formula is C33H30FN2NaO3. The summed E-state index contributed by atoms with van der Waals surface area (Å²) >= 11 is 0. The predicted molar refractivity (Wildman–Crippen MR) is 149 cm³/mol. The minimum absolute atomic E-state index is 0. The molecule has 198 valence electrons. The zero-order valence-corrected chi connectivity index (χ0v) is 25.0. The van der Waals surface area contributed by atoms with Crippen molar-refractivity contribution in [1.82, 2.24) is 5.32 Å². The van der Waals surface area contributed by atoms with Gasteiger partial charge < -0.3 is 20.1 Å². The molecule has 0 unspecified atom stereocenters. The van der Waals surface area contributed by atoms with Crippen LogP contribution in [-0.2, 0) is 13.0 Å². The molecule has 0 saturated heterocycles. The maximum Gasteiger partial charge on any atom is 1.00 e. The van der Waals surface area contributed by atoms with Crippen LogP contribution in [0.1, 0.15) is 62.4 Å². The van der Waals surface area contributed by atoms with E-state index in [4.69, 9.17) is 0 Å². The van der Waals surface area contributed by atoms with E-state index in [1.54, 1.807) is 31.2 Å². The molecule has 5 nitrogen and oxygen atoms in total. The number of nitrogens with one attached hydrogen (secondary N) is 1. The molecule has 1 atom stereocenters. The first-order valence-electron chi connectivity index (χ1n) is 13.1. The smallest absolute Gasteiger partial charge is 0.545 e. The summed E-state index contributed by atoms with van der Waals surface area (Å²) in [4.78, 5) is 26.8. The van der Waals surface area contributed by atoms with Gasteiger partial charge in [0.2, 0.25) is 0 Å². The van der Waals surface area contributed by atoms with Crippen LogP contribution in [0.5, 0.6) is 0 Å². The van der Waals surface area contributed by atoms with Gasteiger partial charge in [0.15, 0.2) is 0 Å². The van der Waals surface area contributed by atoms with Crippen LogP contribution in [0.3, 0.4) is 0 Å². The van der Waals surface area contributed by atoms with E-state index in [0.29, 0.717) is 23.2 Å². The minimum Gasteiger partial charge on any atom is -0.545 e. The first kappa shape index (κ1) is 29.5. The van der Waals surface area contributed by atoms with Crippen molar-refractivity contribution in [3.05, 3.63) is 124 Å². The number of anilines is 1. The summed E-state index contributed by atoms with van der Waals surface area (Å²) in [6.07, 6.45) is 1.87. The number of carboxylic acid groups (broad SMARTS) is 1. The number of amides is 1. The Morgan fingerprint density at radius 1 is 1.00 bits per heavy atom. The predicted octanol–water partition coefficient (Wildman–Crippen LogP) is 2.61. The van der Waals surface area contributed by atoms with Gasteiger partial charge in [0, 0.05) is 29.9 Å². The third-order valence-corrected chi connectivity index (χ3v) is 7.39. The number of carboxylic acids is 1. The van der Waals surface area contributed by atoms with E-state index in [-0.39, 0.29) is 52.9 Å². The van der Waals surface area contributed by atoms with Gasteiger partial charge in [0.05, 0.1) is 12.0 Å². The van der Waals surface area contributed by atoms with E-state index in [9.17, 15) is 19.1 Å². The Morgan fingerprint density at radius 2 is 1.75 bits per heavy atom. The van der Waals surface area contributed by atoms with Crippen molar-refractivity contribution in [2.75, 3.05) is 11.4 Å². The molecule has 4 aromatic carbocycles.